The van der Waals surface area contributed by atoms with Crippen LogP contribution in [0, 0.1) is 0 Å². The molecule has 0 radical (unpaired) electrons. The molecule has 1 fully saturated rings. The second-order valence-corrected chi connectivity index (χ2v) is 6.11. The van der Waals surface area contributed by atoms with Gasteiger partial charge >= 0.3 is 0 Å². The van der Waals surface area contributed by atoms with E-state index < -0.39 is 0 Å². The van der Waals surface area contributed by atoms with Crippen LogP contribution in [0.3, 0.4) is 0 Å². The van der Waals surface area contributed by atoms with E-state index in [0.29, 0.717) is 0 Å². The molecule has 1 aliphatic heterocycles. The van der Waals surface area contributed by atoms with Crippen molar-refractivity contribution in [1.82, 2.24) is 14.9 Å². The van der Waals surface area contributed by atoms with Gasteiger partial charge in [0.2, 0.25) is 0 Å². The molecule has 2 aromatic rings. The number of halogens is 1. The van der Waals surface area contributed by atoms with Gasteiger partial charge in [0, 0.05) is 11.6 Å². The molecule has 3 rings (SSSR count). The van der Waals surface area contributed by atoms with Crippen LogP contribution in [-0.4, -0.2) is 16.1 Å². The predicted octanol–water partition coefficient (Wildman–Crippen LogP) is 4.09. The summed E-state index contributed by atoms with van der Waals surface area (Å²) in [7, 11) is 0. The van der Waals surface area contributed by atoms with E-state index in [1.807, 2.05) is 18.2 Å². The van der Waals surface area contributed by atoms with Crippen LogP contribution in [0.15, 0.2) is 18.2 Å². The number of rotatable bonds is 4. The van der Waals surface area contributed by atoms with Gasteiger partial charge in [0.15, 0.2) is 0 Å². The van der Waals surface area contributed by atoms with Crippen LogP contribution in [0.1, 0.15) is 45.4 Å². The van der Waals surface area contributed by atoms with Crippen molar-refractivity contribution < 1.29 is 0 Å². The third-order valence-electron chi connectivity index (χ3n) is 4.38. The summed E-state index contributed by atoms with van der Waals surface area (Å²) in [5.41, 5.74) is 2.26. The number of nitrogens with one attached hydrogen (secondary N) is 1. The summed E-state index contributed by atoms with van der Waals surface area (Å²) in [6.07, 6.45) is 4.72. The number of fused-ring (bicyclic) bond motifs is 1. The molecule has 3 nitrogen and oxygen atoms in total. The van der Waals surface area contributed by atoms with Crippen LogP contribution in [0.2, 0.25) is 5.02 Å². The normalized spacial score (nSPS) is 22.8. The second-order valence-electron chi connectivity index (χ2n) is 5.68. The number of benzene rings is 1. The molecule has 0 spiro atoms. The Labute approximate surface area is 125 Å². The predicted molar refractivity (Wildman–Crippen MR) is 84.2 cm³/mol. The molecular weight excluding hydrogens is 270 g/mol. The fourth-order valence-corrected chi connectivity index (χ4v) is 3.70. The maximum Gasteiger partial charge on any atom is 0.130 e. The molecule has 1 N–H and O–H groups in total. The first kappa shape index (κ1) is 13.9. The summed E-state index contributed by atoms with van der Waals surface area (Å²) in [5.74, 6) is 1.19. The highest BCUT2D eigenvalue weighted by Crippen LogP contribution is 2.36. The zero-order chi connectivity index (χ0) is 14.2. The lowest BCUT2D eigenvalue weighted by Gasteiger charge is -2.29. The van der Waals surface area contributed by atoms with Crippen molar-refractivity contribution in [2.24, 2.45) is 0 Å². The van der Waals surface area contributed by atoms with Crippen LogP contribution < -0.4 is 5.32 Å². The summed E-state index contributed by atoms with van der Waals surface area (Å²) in [6.45, 7) is 6.45. The van der Waals surface area contributed by atoms with E-state index in [9.17, 15) is 0 Å². The Morgan fingerprint density at radius 2 is 2.25 bits per heavy atom. The molecule has 20 heavy (non-hydrogen) atoms. The molecule has 108 valence electrons. The Morgan fingerprint density at radius 3 is 2.90 bits per heavy atom. The minimum atomic E-state index is 0.0518. The first-order valence-corrected chi connectivity index (χ1v) is 7.99. The van der Waals surface area contributed by atoms with Gasteiger partial charge in [-0.3, -0.25) is 0 Å². The average molecular weight is 292 g/mol. The van der Waals surface area contributed by atoms with E-state index in [4.69, 9.17) is 16.6 Å². The maximum atomic E-state index is 6.16. The Bertz CT molecular complexity index is 611. The SMILES string of the molecule is CCCC1(c2nc3ccc(Cl)cc3n2CC)CCCN1. The largest absolute Gasteiger partial charge is 0.327 e. The fourth-order valence-electron chi connectivity index (χ4n) is 3.53. The molecule has 0 aliphatic carbocycles. The third kappa shape index (κ3) is 2.13. The first-order chi connectivity index (χ1) is 9.70. The van der Waals surface area contributed by atoms with Gasteiger partial charge in [0.1, 0.15) is 5.82 Å². The molecule has 1 atom stereocenters. The van der Waals surface area contributed by atoms with E-state index in [2.05, 4.69) is 23.7 Å². The number of aromatic nitrogens is 2. The number of hydrogen-bond donors (Lipinski definition) is 1. The van der Waals surface area contributed by atoms with Gasteiger partial charge in [0.05, 0.1) is 16.6 Å². The standard InChI is InChI=1S/C16H22ClN3/c1-3-8-16(9-5-10-18-16)15-19-13-7-6-12(17)11-14(13)20(15)4-2/h6-7,11,18H,3-5,8-10H2,1-2H3. The Morgan fingerprint density at radius 1 is 1.40 bits per heavy atom. The van der Waals surface area contributed by atoms with Gasteiger partial charge in [0.25, 0.3) is 0 Å². The van der Waals surface area contributed by atoms with Crippen LogP contribution in [-0.2, 0) is 12.1 Å². The van der Waals surface area contributed by atoms with Gasteiger partial charge in [-0.2, -0.15) is 0 Å². The van der Waals surface area contributed by atoms with Crippen molar-refractivity contribution in [3.8, 4) is 0 Å². The first-order valence-electron chi connectivity index (χ1n) is 7.61. The van der Waals surface area contributed by atoms with Crippen LogP contribution in [0.4, 0.5) is 0 Å². The quantitative estimate of drug-likeness (QED) is 0.919. The minimum Gasteiger partial charge on any atom is -0.327 e. The Kier molecular flexibility index (Phi) is 3.74. The molecule has 1 aliphatic rings. The second kappa shape index (κ2) is 5.38. The molecule has 4 heteroatoms. The lowest BCUT2D eigenvalue weighted by Crippen LogP contribution is -2.39. The number of nitrogens with zero attached hydrogens (tertiary/aromatic N) is 2. The van der Waals surface area contributed by atoms with Gasteiger partial charge in [-0.05, 0) is 50.9 Å². The molecule has 1 unspecified atom stereocenters. The highest BCUT2D eigenvalue weighted by atomic mass is 35.5. The molecule has 2 heterocycles. The Hall–Kier alpha value is -1.06. The van der Waals surface area contributed by atoms with Crippen molar-refractivity contribution >= 4 is 22.6 Å². The zero-order valence-corrected chi connectivity index (χ0v) is 13.0. The van der Waals surface area contributed by atoms with E-state index in [1.54, 1.807) is 0 Å². The molecule has 1 saturated heterocycles. The van der Waals surface area contributed by atoms with Gasteiger partial charge in [-0.1, -0.05) is 24.9 Å². The molecule has 0 saturated carbocycles. The topological polar surface area (TPSA) is 29.9 Å². The van der Waals surface area contributed by atoms with Crippen LogP contribution in [0.25, 0.3) is 11.0 Å². The van der Waals surface area contributed by atoms with Crippen molar-refractivity contribution in [3.05, 3.63) is 29.0 Å². The van der Waals surface area contributed by atoms with Crippen molar-refractivity contribution in [2.45, 2.75) is 51.6 Å². The maximum absolute atomic E-state index is 6.16. The van der Waals surface area contributed by atoms with Gasteiger partial charge < -0.3 is 9.88 Å². The van der Waals surface area contributed by atoms with E-state index in [1.165, 1.54) is 25.1 Å². The molecular formula is C16H22ClN3. The number of hydrogen-bond acceptors (Lipinski definition) is 2. The Balaban J connectivity index is 2.19. The average Bonchev–Trinajstić information content (AvgIpc) is 3.03. The lowest BCUT2D eigenvalue weighted by molar-refractivity contribution is 0.324. The summed E-state index contributed by atoms with van der Waals surface area (Å²) < 4.78 is 2.33. The summed E-state index contributed by atoms with van der Waals surface area (Å²) in [5, 5.41) is 4.50. The fraction of sp³-hybridized carbons (Fsp3) is 0.562. The molecule has 1 aromatic carbocycles. The molecule has 0 amide bonds. The number of aryl methyl sites for hydroxylation is 1. The zero-order valence-electron chi connectivity index (χ0n) is 12.2. The van der Waals surface area contributed by atoms with Crippen LogP contribution in [0.5, 0.6) is 0 Å². The molecule has 1 aromatic heterocycles. The van der Waals surface area contributed by atoms with Crippen LogP contribution >= 0.6 is 11.6 Å². The van der Waals surface area contributed by atoms with Crippen molar-refractivity contribution in [2.75, 3.05) is 6.54 Å². The highest BCUT2D eigenvalue weighted by molar-refractivity contribution is 6.31. The van der Waals surface area contributed by atoms with E-state index in [-0.39, 0.29) is 5.54 Å². The minimum absolute atomic E-state index is 0.0518. The molecule has 0 bridgehead atoms. The summed E-state index contributed by atoms with van der Waals surface area (Å²) >= 11 is 6.16. The van der Waals surface area contributed by atoms with E-state index >= 15 is 0 Å². The monoisotopic (exact) mass is 291 g/mol. The summed E-state index contributed by atoms with van der Waals surface area (Å²) in [6, 6.07) is 5.99. The van der Waals surface area contributed by atoms with Crippen molar-refractivity contribution in [1.29, 1.82) is 0 Å². The smallest absolute Gasteiger partial charge is 0.130 e. The van der Waals surface area contributed by atoms with Crippen molar-refractivity contribution in [3.63, 3.8) is 0 Å². The highest BCUT2D eigenvalue weighted by Gasteiger charge is 2.38. The lowest BCUT2D eigenvalue weighted by atomic mass is 9.91. The van der Waals surface area contributed by atoms with E-state index in [0.717, 1.165) is 35.6 Å². The van der Waals surface area contributed by atoms with Gasteiger partial charge in [-0.15, -0.1) is 0 Å². The number of imidazole rings is 1. The summed E-state index contributed by atoms with van der Waals surface area (Å²) in [4.78, 5) is 4.94. The third-order valence-corrected chi connectivity index (χ3v) is 4.61. The van der Waals surface area contributed by atoms with Gasteiger partial charge in [-0.25, -0.2) is 4.98 Å².